The van der Waals surface area contributed by atoms with Crippen LogP contribution in [-0.2, 0) is 16.0 Å². The zero-order valence-corrected chi connectivity index (χ0v) is 15.3. The highest BCUT2D eigenvalue weighted by Gasteiger charge is 2.31. The molecule has 3 rings (SSSR count). The number of hydrogen-bond acceptors (Lipinski definition) is 3. The number of nitrogens with one attached hydrogen (secondary N) is 1. The molecule has 1 aliphatic carbocycles. The van der Waals surface area contributed by atoms with Crippen molar-refractivity contribution in [1.29, 1.82) is 0 Å². The lowest BCUT2D eigenvalue weighted by molar-refractivity contribution is -0.139. The Morgan fingerprint density at radius 3 is 2.76 bits per heavy atom. The molecule has 2 heterocycles. The SMILES string of the molecule is Cc1ccc(CCNC(=O)[C@H]2CCC(=O)N(CC3CCCCC3)C2)o1. The first-order valence-corrected chi connectivity index (χ1v) is 9.72. The maximum atomic E-state index is 12.5. The van der Waals surface area contributed by atoms with E-state index < -0.39 is 0 Å². The summed E-state index contributed by atoms with van der Waals surface area (Å²) in [5.41, 5.74) is 0. The maximum Gasteiger partial charge on any atom is 0.224 e. The summed E-state index contributed by atoms with van der Waals surface area (Å²) >= 11 is 0. The Bertz CT molecular complexity index is 590. The third-order valence-corrected chi connectivity index (χ3v) is 5.54. The zero-order chi connectivity index (χ0) is 17.6. The largest absolute Gasteiger partial charge is 0.466 e. The van der Waals surface area contributed by atoms with Crippen molar-refractivity contribution in [3.8, 4) is 0 Å². The Kier molecular flexibility index (Phi) is 6.16. The van der Waals surface area contributed by atoms with Crippen LogP contribution in [0.4, 0.5) is 0 Å². The number of carbonyl (C=O) groups is 2. The molecule has 2 fully saturated rings. The fourth-order valence-electron chi connectivity index (χ4n) is 4.06. The number of nitrogens with zero attached hydrogens (tertiary/aromatic N) is 1. The molecule has 2 amide bonds. The molecule has 1 atom stereocenters. The van der Waals surface area contributed by atoms with E-state index in [1.54, 1.807) is 0 Å². The number of piperidine rings is 1. The van der Waals surface area contributed by atoms with E-state index >= 15 is 0 Å². The molecule has 25 heavy (non-hydrogen) atoms. The summed E-state index contributed by atoms with van der Waals surface area (Å²) < 4.78 is 5.52. The summed E-state index contributed by atoms with van der Waals surface area (Å²) in [4.78, 5) is 26.6. The lowest BCUT2D eigenvalue weighted by Crippen LogP contribution is -2.47. The van der Waals surface area contributed by atoms with Gasteiger partial charge in [0, 0.05) is 32.5 Å². The molecule has 1 aliphatic heterocycles. The molecule has 1 saturated heterocycles. The van der Waals surface area contributed by atoms with Crippen molar-refractivity contribution in [3.05, 3.63) is 23.7 Å². The second-order valence-electron chi connectivity index (χ2n) is 7.59. The van der Waals surface area contributed by atoms with Crippen molar-refractivity contribution < 1.29 is 14.0 Å². The van der Waals surface area contributed by atoms with Gasteiger partial charge in [0.1, 0.15) is 11.5 Å². The number of rotatable bonds is 6. The van der Waals surface area contributed by atoms with Crippen LogP contribution in [0, 0.1) is 18.8 Å². The lowest BCUT2D eigenvalue weighted by Gasteiger charge is -2.35. The minimum Gasteiger partial charge on any atom is -0.466 e. The molecular formula is C20H30N2O3. The molecule has 1 aromatic heterocycles. The zero-order valence-electron chi connectivity index (χ0n) is 15.3. The van der Waals surface area contributed by atoms with Crippen LogP contribution in [0.15, 0.2) is 16.5 Å². The standard InChI is InChI=1S/C20H30N2O3/c1-15-7-9-18(25-15)11-12-21-20(24)17-8-10-19(23)22(14-17)13-16-5-3-2-4-6-16/h7,9,16-17H,2-6,8,10-14H2,1H3,(H,21,24)/t17-/m0/s1. The average molecular weight is 346 g/mol. The van der Waals surface area contributed by atoms with E-state index in [-0.39, 0.29) is 17.7 Å². The molecule has 2 aliphatic rings. The van der Waals surface area contributed by atoms with Gasteiger partial charge in [-0.3, -0.25) is 9.59 Å². The smallest absolute Gasteiger partial charge is 0.224 e. The van der Waals surface area contributed by atoms with Gasteiger partial charge in [0.05, 0.1) is 5.92 Å². The van der Waals surface area contributed by atoms with E-state index in [2.05, 4.69) is 5.32 Å². The summed E-state index contributed by atoms with van der Waals surface area (Å²) in [5, 5.41) is 3.01. The van der Waals surface area contributed by atoms with Gasteiger partial charge in [0.15, 0.2) is 0 Å². The quantitative estimate of drug-likeness (QED) is 0.861. The monoisotopic (exact) mass is 346 g/mol. The maximum absolute atomic E-state index is 12.5. The van der Waals surface area contributed by atoms with Gasteiger partial charge in [-0.25, -0.2) is 0 Å². The number of carbonyl (C=O) groups excluding carboxylic acids is 2. The molecule has 0 aromatic carbocycles. The summed E-state index contributed by atoms with van der Waals surface area (Å²) in [5.74, 6) is 2.65. The van der Waals surface area contributed by atoms with E-state index in [1.807, 2.05) is 24.0 Å². The predicted octanol–water partition coefficient (Wildman–Crippen LogP) is 3.07. The summed E-state index contributed by atoms with van der Waals surface area (Å²) in [6.07, 6.45) is 8.22. The normalized spacial score (nSPS) is 22.2. The van der Waals surface area contributed by atoms with Crippen molar-refractivity contribution in [2.75, 3.05) is 19.6 Å². The third kappa shape index (κ3) is 5.10. The second kappa shape index (κ2) is 8.54. The summed E-state index contributed by atoms with van der Waals surface area (Å²) in [6.45, 7) is 3.93. The Morgan fingerprint density at radius 2 is 2.04 bits per heavy atom. The average Bonchev–Trinajstić information content (AvgIpc) is 3.03. The van der Waals surface area contributed by atoms with Gasteiger partial charge in [-0.15, -0.1) is 0 Å². The van der Waals surface area contributed by atoms with Crippen molar-refractivity contribution in [3.63, 3.8) is 0 Å². The lowest BCUT2D eigenvalue weighted by atomic mass is 9.87. The van der Waals surface area contributed by atoms with E-state index in [0.717, 1.165) is 18.1 Å². The molecule has 0 radical (unpaired) electrons. The van der Waals surface area contributed by atoms with Crippen LogP contribution in [-0.4, -0.2) is 36.3 Å². The van der Waals surface area contributed by atoms with Crippen LogP contribution in [0.1, 0.15) is 56.5 Å². The first-order chi connectivity index (χ1) is 12.1. The third-order valence-electron chi connectivity index (χ3n) is 5.54. The number of aryl methyl sites for hydroxylation is 1. The fraction of sp³-hybridized carbons (Fsp3) is 0.700. The minimum atomic E-state index is -0.0698. The van der Waals surface area contributed by atoms with Crippen molar-refractivity contribution in [1.82, 2.24) is 10.2 Å². The molecule has 0 bridgehead atoms. The highest BCUT2D eigenvalue weighted by molar-refractivity contribution is 5.83. The first kappa shape index (κ1) is 18.0. The van der Waals surface area contributed by atoms with Crippen LogP contribution in [0.25, 0.3) is 0 Å². The van der Waals surface area contributed by atoms with Gasteiger partial charge in [-0.1, -0.05) is 19.3 Å². The number of hydrogen-bond donors (Lipinski definition) is 1. The van der Waals surface area contributed by atoms with Crippen LogP contribution < -0.4 is 5.32 Å². The van der Waals surface area contributed by atoms with Crippen LogP contribution in [0.3, 0.4) is 0 Å². The molecule has 1 saturated carbocycles. The summed E-state index contributed by atoms with van der Waals surface area (Å²) in [6, 6.07) is 3.89. The van der Waals surface area contributed by atoms with Crippen LogP contribution in [0.5, 0.6) is 0 Å². The van der Waals surface area contributed by atoms with Gasteiger partial charge < -0.3 is 14.6 Å². The van der Waals surface area contributed by atoms with Crippen LogP contribution in [0.2, 0.25) is 0 Å². The van der Waals surface area contributed by atoms with E-state index in [1.165, 1.54) is 32.1 Å². The molecule has 0 unspecified atom stereocenters. The molecule has 1 aromatic rings. The Balaban J connectivity index is 1.44. The van der Waals surface area contributed by atoms with Crippen LogP contribution >= 0.6 is 0 Å². The van der Waals surface area contributed by atoms with E-state index in [4.69, 9.17) is 4.42 Å². The topological polar surface area (TPSA) is 62.6 Å². The molecular weight excluding hydrogens is 316 g/mol. The first-order valence-electron chi connectivity index (χ1n) is 9.72. The molecule has 5 nitrogen and oxygen atoms in total. The van der Waals surface area contributed by atoms with Crippen molar-refractivity contribution >= 4 is 11.8 Å². The number of amides is 2. The van der Waals surface area contributed by atoms with Crippen molar-refractivity contribution in [2.45, 2.75) is 58.3 Å². The van der Waals surface area contributed by atoms with Gasteiger partial charge >= 0.3 is 0 Å². The molecule has 1 N–H and O–H groups in total. The fourth-order valence-corrected chi connectivity index (χ4v) is 4.06. The predicted molar refractivity (Wildman–Crippen MR) is 96.0 cm³/mol. The van der Waals surface area contributed by atoms with Gasteiger partial charge in [-0.05, 0) is 44.2 Å². The molecule has 5 heteroatoms. The highest BCUT2D eigenvalue weighted by Crippen LogP contribution is 2.27. The number of likely N-dealkylation sites (tertiary alicyclic amines) is 1. The van der Waals surface area contributed by atoms with E-state index in [0.29, 0.717) is 38.3 Å². The minimum absolute atomic E-state index is 0.0698. The highest BCUT2D eigenvalue weighted by atomic mass is 16.3. The Labute approximate surface area is 150 Å². The van der Waals surface area contributed by atoms with E-state index in [9.17, 15) is 9.59 Å². The Hall–Kier alpha value is -1.78. The van der Waals surface area contributed by atoms with Gasteiger partial charge in [0.2, 0.25) is 11.8 Å². The molecule has 138 valence electrons. The van der Waals surface area contributed by atoms with Gasteiger partial charge in [0.25, 0.3) is 0 Å². The summed E-state index contributed by atoms with van der Waals surface area (Å²) in [7, 11) is 0. The Morgan fingerprint density at radius 1 is 1.24 bits per heavy atom. The second-order valence-corrected chi connectivity index (χ2v) is 7.59. The number of furan rings is 1. The van der Waals surface area contributed by atoms with Gasteiger partial charge in [-0.2, -0.15) is 0 Å². The van der Waals surface area contributed by atoms with Crippen molar-refractivity contribution in [2.24, 2.45) is 11.8 Å². The molecule has 0 spiro atoms.